The zero-order chi connectivity index (χ0) is 20.5. The number of ether oxygens (including phenoxy) is 1. The summed E-state index contributed by atoms with van der Waals surface area (Å²) < 4.78 is 31.5. The number of methoxy groups -OCH3 is 1. The topological polar surface area (TPSA) is 70.7 Å². The van der Waals surface area contributed by atoms with Crippen LogP contribution >= 0.6 is 0 Å². The number of likely N-dealkylation sites (N-methyl/N-ethyl adjacent to an activating group) is 1. The number of halogens is 2. The van der Waals surface area contributed by atoms with Crippen LogP contribution in [0.3, 0.4) is 0 Å². The summed E-state index contributed by atoms with van der Waals surface area (Å²) in [6.07, 6.45) is 0. The summed E-state index contributed by atoms with van der Waals surface area (Å²) in [6.45, 7) is 2.70. The standard InChI is InChI=1S/C20H23F2N3O3/c1-3-25(12-14-4-9-18(28-2)17(22)10-14)13-20(27)23-11-19(26)24-16-7-5-15(21)6-8-16/h4-10H,3,11-13H2,1-2H3,(H,23,27)(H,24,26). The molecule has 2 rings (SSSR count). The van der Waals surface area contributed by atoms with Gasteiger partial charge in [-0.2, -0.15) is 0 Å². The van der Waals surface area contributed by atoms with Crippen molar-refractivity contribution in [1.29, 1.82) is 0 Å². The predicted molar refractivity (Wildman–Crippen MR) is 102 cm³/mol. The van der Waals surface area contributed by atoms with E-state index in [1.807, 2.05) is 11.8 Å². The molecule has 0 heterocycles. The number of rotatable bonds is 9. The Bertz CT molecular complexity index is 813. The van der Waals surface area contributed by atoms with E-state index in [9.17, 15) is 18.4 Å². The summed E-state index contributed by atoms with van der Waals surface area (Å²) >= 11 is 0. The van der Waals surface area contributed by atoms with Crippen LogP contribution < -0.4 is 15.4 Å². The molecule has 0 aliphatic heterocycles. The Hall–Kier alpha value is -3.00. The van der Waals surface area contributed by atoms with Crippen LogP contribution in [0.15, 0.2) is 42.5 Å². The molecule has 0 radical (unpaired) electrons. The Kier molecular flexibility index (Phi) is 7.88. The highest BCUT2D eigenvalue weighted by Gasteiger charge is 2.12. The van der Waals surface area contributed by atoms with Crippen molar-refractivity contribution in [3.8, 4) is 5.75 Å². The number of nitrogens with one attached hydrogen (secondary N) is 2. The van der Waals surface area contributed by atoms with Crippen LogP contribution in [0.4, 0.5) is 14.5 Å². The van der Waals surface area contributed by atoms with Crippen molar-refractivity contribution in [1.82, 2.24) is 10.2 Å². The van der Waals surface area contributed by atoms with Crippen LogP contribution in [0.2, 0.25) is 0 Å². The van der Waals surface area contributed by atoms with Crippen molar-refractivity contribution < 1.29 is 23.1 Å². The largest absolute Gasteiger partial charge is 0.494 e. The highest BCUT2D eigenvalue weighted by Crippen LogP contribution is 2.18. The molecule has 150 valence electrons. The maximum atomic E-state index is 13.8. The summed E-state index contributed by atoms with van der Waals surface area (Å²) in [6, 6.07) is 9.97. The maximum absolute atomic E-state index is 13.8. The molecule has 0 aliphatic rings. The minimum atomic E-state index is -0.460. The maximum Gasteiger partial charge on any atom is 0.243 e. The van der Waals surface area contributed by atoms with Crippen LogP contribution in [-0.2, 0) is 16.1 Å². The van der Waals surface area contributed by atoms with Gasteiger partial charge in [0.1, 0.15) is 5.82 Å². The summed E-state index contributed by atoms with van der Waals surface area (Å²) in [4.78, 5) is 25.8. The van der Waals surface area contributed by atoms with E-state index < -0.39 is 17.5 Å². The fourth-order valence-corrected chi connectivity index (χ4v) is 2.52. The van der Waals surface area contributed by atoms with E-state index in [-0.39, 0.29) is 24.7 Å². The minimum Gasteiger partial charge on any atom is -0.494 e. The molecule has 0 saturated carbocycles. The highest BCUT2D eigenvalue weighted by atomic mass is 19.1. The van der Waals surface area contributed by atoms with E-state index >= 15 is 0 Å². The Morgan fingerprint density at radius 2 is 1.79 bits per heavy atom. The third kappa shape index (κ3) is 6.62. The summed E-state index contributed by atoms with van der Waals surface area (Å²) in [5, 5.41) is 5.09. The molecule has 0 aliphatic carbocycles. The number of carbonyl (C=O) groups excluding carboxylic acids is 2. The molecule has 0 spiro atoms. The smallest absolute Gasteiger partial charge is 0.243 e. The Morgan fingerprint density at radius 1 is 1.07 bits per heavy atom. The number of carbonyl (C=O) groups is 2. The lowest BCUT2D eigenvalue weighted by atomic mass is 10.2. The van der Waals surface area contributed by atoms with Gasteiger partial charge in [-0.1, -0.05) is 13.0 Å². The van der Waals surface area contributed by atoms with Crippen LogP contribution in [0, 0.1) is 11.6 Å². The first kappa shape index (κ1) is 21.3. The summed E-state index contributed by atoms with van der Waals surface area (Å²) in [5.74, 6) is -1.44. The third-order valence-corrected chi connectivity index (χ3v) is 4.01. The molecule has 0 unspecified atom stereocenters. The fourth-order valence-electron chi connectivity index (χ4n) is 2.52. The molecule has 0 bridgehead atoms. The van der Waals surface area contributed by atoms with Gasteiger partial charge in [-0.05, 0) is 48.5 Å². The van der Waals surface area contributed by atoms with Gasteiger partial charge in [-0.15, -0.1) is 0 Å². The molecule has 2 amide bonds. The van der Waals surface area contributed by atoms with Crippen LogP contribution in [-0.4, -0.2) is 43.5 Å². The van der Waals surface area contributed by atoms with Gasteiger partial charge in [0.15, 0.2) is 11.6 Å². The van der Waals surface area contributed by atoms with Gasteiger partial charge in [0.25, 0.3) is 0 Å². The van der Waals surface area contributed by atoms with Crippen molar-refractivity contribution in [3.63, 3.8) is 0 Å². The molecule has 6 nitrogen and oxygen atoms in total. The van der Waals surface area contributed by atoms with Gasteiger partial charge in [0.05, 0.1) is 20.2 Å². The zero-order valence-corrected chi connectivity index (χ0v) is 15.8. The molecule has 2 aromatic carbocycles. The Morgan fingerprint density at radius 3 is 2.39 bits per heavy atom. The minimum absolute atomic E-state index is 0.0635. The molecule has 0 fully saturated rings. The lowest BCUT2D eigenvalue weighted by Crippen LogP contribution is -2.40. The first-order valence-electron chi connectivity index (χ1n) is 8.78. The van der Waals surface area contributed by atoms with E-state index in [4.69, 9.17) is 4.74 Å². The number of benzene rings is 2. The van der Waals surface area contributed by atoms with E-state index in [0.717, 1.165) is 0 Å². The molecular weight excluding hydrogens is 368 g/mol. The van der Waals surface area contributed by atoms with Gasteiger partial charge in [-0.25, -0.2) is 8.78 Å². The van der Waals surface area contributed by atoms with E-state index in [2.05, 4.69) is 10.6 Å². The second kappa shape index (κ2) is 10.4. The monoisotopic (exact) mass is 391 g/mol. The lowest BCUT2D eigenvalue weighted by molar-refractivity contribution is -0.125. The summed E-state index contributed by atoms with van der Waals surface area (Å²) in [5.41, 5.74) is 1.15. The molecule has 2 aromatic rings. The van der Waals surface area contributed by atoms with Crippen molar-refractivity contribution in [2.75, 3.05) is 32.1 Å². The number of hydrogen-bond donors (Lipinski definition) is 2. The first-order chi connectivity index (χ1) is 13.4. The zero-order valence-electron chi connectivity index (χ0n) is 15.8. The van der Waals surface area contributed by atoms with E-state index in [0.29, 0.717) is 24.3 Å². The molecule has 8 heteroatoms. The molecule has 28 heavy (non-hydrogen) atoms. The second-order valence-electron chi connectivity index (χ2n) is 6.10. The lowest BCUT2D eigenvalue weighted by Gasteiger charge is -2.20. The Labute approximate surface area is 162 Å². The number of nitrogens with zero attached hydrogens (tertiary/aromatic N) is 1. The van der Waals surface area contributed by atoms with E-state index in [1.165, 1.54) is 37.4 Å². The van der Waals surface area contributed by atoms with E-state index in [1.54, 1.807) is 12.1 Å². The highest BCUT2D eigenvalue weighted by molar-refractivity contribution is 5.94. The molecule has 0 saturated heterocycles. The van der Waals surface area contributed by atoms with Crippen molar-refractivity contribution in [2.45, 2.75) is 13.5 Å². The quantitative estimate of drug-likeness (QED) is 0.689. The van der Waals surface area contributed by atoms with Gasteiger partial charge >= 0.3 is 0 Å². The van der Waals surface area contributed by atoms with Crippen LogP contribution in [0.25, 0.3) is 0 Å². The average Bonchev–Trinajstić information content (AvgIpc) is 2.68. The van der Waals surface area contributed by atoms with Gasteiger partial charge in [0.2, 0.25) is 11.8 Å². The van der Waals surface area contributed by atoms with Gasteiger partial charge in [-0.3, -0.25) is 14.5 Å². The van der Waals surface area contributed by atoms with Crippen molar-refractivity contribution in [3.05, 3.63) is 59.7 Å². The fraction of sp³-hybridized carbons (Fsp3) is 0.300. The molecule has 2 N–H and O–H groups in total. The van der Waals surface area contributed by atoms with Crippen molar-refractivity contribution >= 4 is 17.5 Å². The van der Waals surface area contributed by atoms with Crippen molar-refractivity contribution in [2.24, 2.45) is 0 Å². The Balaban J connectivity index is 1.80. The number of hydrogen-bond acceptors (Lipinski definition) is 4. The SMILES string of the molecule is CCN(CC(=O)NCC(=O)Nc1ccc(F)cc1)Cc1ccc(OC)c(F)c1. The van der Waals surface area contributed by atoms with Crippen LogP contribution in [0.5, 0.6) is 5.75 Å². The third-order valence-electron chi connectivity index (χ3n) is 4.01. The number of amides is 2. The molecular formula is C20H23F2N3O3. The molecule has 0 aromatic heterocycles. The second-order valence-corrected chi connectivity index (χ2v) is 6.10. The normalized spacial score (nSPS) is 10.6. The van der Waals surface area contributed by atoms with Gasteiger partial charge < -0.3 is 15.4 Å². The molecule has 0 atom stereocenters. The average molecular weight is 391 g/mol. The summed E-state index contributed by atoms with van der Waals surface area (Å²) in [7, 11) is 1.40. The predicted octanol–water partition coefficient (Wildman–Crippen LogP) is 2.55. The van der Waals surface area contributed by atoms with Crippen LogP contribution in [0.1, 0.15) is 12.5 Å². The van der Waals surface area contributed by atoms with Gasteiger partial charge in [0, 0.05) is 12.2 Å². The first-order valence-corrected chi connectivity index (χ1v) is 8.78. The number of anilines is 1.